The van der Waals surface area contributed by atoms with Gasteiger partial charge in [-0.15, -0.1) is 11.3 Å². The van der Waals surface area contributed by atoms with Gasteiger partial charge in [-0.1, -0.05) is 17.7 Å². The summed E-state index contributed by atoms with van der Waals surface area (Å²) in [4.78, 5) is 10.8. The second-order valence-electron chi connectivity index (χ2n) is 4.89. The molecule has 3 nitrogen and oxygen atoms in total. The predicted octanol–water partition coefficient (Wildman–Crippen LogP) is 5.67. The molecule has 1 N–H and O–H groups in total. The summed E-state index contributed by atoms with van der Waals surface area (Å²) in [6.45, 7) is 6.16. The van der Waals surface area contributed by atoms with E-state index in [1.807, 2.05) is 25.1 Å². The van der Waals surface area contributed by atoms with Crippen molar-refractivity contribution in [2.75, 3.05) is 5.32 Å². The van der Waals surface area contributed by atoms with Crippen LogP contribution in [0.25, 0.3) is 10.2 Å². The van der Waals surface area contributed by atoms with Crippen LogP contribution in [-0.4, -0.2) is 9.97 Å². The van der Waals surface area contributed by atoms with Gasteiger partial charge in [0.15, 0.2) is 0 Å². The lowest BCUT2D eigenvalue weighted by Crippen LogP contribution is -1.98. The van der Waals surface area contributed by atoms with E-state index in [1.54, 1.807) is 11.3 Å². The molecule has 0 spiro atoms. The molecule has 0 fully saturated rings. The van der Waals surface area contributed by atoms with Gasteiger partial charge in [-0.2, -0.15) is 4.98 Å². The van der Waals surface area contributed by atoms with Crippen molar-refractivity contribution in [2.24, 2.45) is 0 Å². The summed E-state index contributed by atoms with van der Waals surface area (Å²) in [5, 5.41) is 5.27. The highest BCUT2D eigenvalue weighted by Gasteiger charge is 2.14. The zero-order valence-corrected chi connectivity index (χ0v) is 14.1. The summed E-state index contributed by atoms with van der Waals surface area (Å²) in [6, 6.07) is 5.72. The van der Waals surface area contributed by atoms with Gasteiger partial charge in [-0.05, 0) is 55.6 Å². The molecule has 0 aliphatic carbocycles. The molecule has 0 saturated carbocycles. The molecule has 0 radical (unpaired) electrons. The molecule has 2 aromatic heterocycles. The highest BCUT2D eigenvalue weighted by Crippen LogP contribution is 2.36. The number of hydrogen-bond donors (Lipinski definition) is 1. The van der Waals surface area contributed by atoms with Crippen LogP contribution in [0.1, 0.15) is 16.0 Å². The van der Waals surface area contributed by atoms with Gasteiger partial charge >= 0.3 is 0 Å². The summed E-state index contributed by atoms with van der Waals surface area (Å²) in [7, 11) is 0. The Morgan fingerprint density at radius 1 is 1.10 bits per heavy atom. The first-order valence-electron chi connectivity index (χ1n) is 6.42. The maximum atomic E-state index is 6.07. The topological polar surface area (TPSA) is 37.8 Å². The number of anilines is 2. The first-order chi connectivity index (χ1) is 9.95. The number of benzene rings is 1. The molecule has 2 heterocycles. The van der Waals surface area contributed by atoms with E-state index in [0.717, 1.165) is 27.3 Å². The quantitative estimate of drug-likeness (QED) is 0.612. The third-order valence-corrected chi connectivity index (χ3v) is 4.96. The van der Waals surface area contributed by atoms with E-state index in [1.165, 1.54) is 10.4 Å². The van der Waals surface area contributed by atoms with Gasteiger partial charge in [0.05, 0.1) is 5.39 Å². The Hall–Kier alpha value is -1.36. The van der Waals surface area contributed by atoms with Crippen molar-refractivity contribution in [3.63, 3.8) is 0 Å². The molecule has 1 aromatic carbocycles. The molecule has 0 unspecified atom stereocenters. The first kappa shape index (κ1) is 14.6. The monoisotopic (exact) mass is 337 g/mol. The van der Waals surface area contributed by atoms with Crippen molar-refractivity contribution in [1.82, 2.24) is 9.97 Å². The molecule has 21 heavy (non-hydrogen) atoms. The average Bonchev–Trinajstić information content (AvgIpc) is 2.69. The van der Waals surface area contributed by atoms with Crippen LogP contribution < -0.4 is 5.32 Å². The molecule has 0 aliphatic rings. The molecule has 0 aliphatic heterocycles. The normalized spacial score (nSPS) is 11.1. The van der Waals surface area contributed by atoms with E-state index in [0.29, 0.717) is 5.02 Å². The Balaban J connectivity index is 2.18. The molecule has 0 amide bonds. The summed E-state index contributed by atoms with van der Waals surface area (Å²) < 4.78 is 0. The molecule has 0 bridgehead atoms. The summed E-state index contributed by atoms with van der Waals surface area (Å²) in [5.74, 6) is 0.720. The standard InChI is InChI=1S/C15H13Cl2N3S/c1-7-4-5-10(16)6-11(7)18-13-12-8(2)9(3)21-14(12)20-15(17)19-13/h4-6H,1-3H3,(H,18,19,20). The molecular formula is C15H13Cl2N3S. The lowest BCUT2D eigenvalue weighted by molar-refractivity contribution is 1.22. The van der Waals surface area contributed by atoms with Gasteiger partial charge in [-0.3, -0.25) is 0 Å². The number of rotatable bonds is 2. The molecule has 0 saturated heterocycles. The molecule has 3 rings (SSSR count). The summed E-state index contributed by atoms with van der Waals surface area (Å²) in [5.41, 5.74) is 3.18. The Labute approximate surface area is 137 Å². The van der Waals surface area contributed by atoms with E-state index >= 15 is 0 Å². The number of aryl methyl sites for hydroxylation is 3. The highest BCUT2D eigenvalue weighted by molar-refractivity contribution is 7.18. The number of nitrogens with zero attached hydrogens (tertiary/aromatic N) is 2. The van der Waals surface area contributed by atoms with Gasteiger partial charge in [0.2, 0.25) is 5.28 Å². The van der Waals surface area contributed by atoms with Crippen molar-refractivity contribution in [1.29, 1.82) is 0 Å². The van der Waals surface area contributed by atoms with E-state index in [-0.39, 0.29) is 5.28 Å². The Bertz CT molecular complexity index is 843. The second-order valence-corrected chi connectivity index (χ2v) is 6.87. The fraction of sp³-hybridized carbons (Fsp3) is 0.200. The number of thiophene rings is 1. The van der Waals surface area contributed by atoms with Gasteiger partial charge in [-0.25, -0.2) is 4.98 Å². The Morgan fingerprint density at radius 3 is 2.62 bits per heavy atom. The van der Waals surface area contributed by atoms with E-state index < -0.39 is 0 Å². The minimum atomic E-state index is 0.242. The largest absolute Gasteiger partial charge is 0.339 e. The maximum absolute atomic E-state index is 6.07. The number of fused-ring (bicyclic) bond motifs is 1. The van der Waals surface area contributed by atoms with E-state index in [2.05, 4.69) is 29.1 Å². The third kappa shape index (κ3) is 2.71. The molecule has 0 atom stereocenters. The number of hydrogen-bond acceptors (Lipinski definition) is 4. The van der Waals surface area contributed by atoms with Crippen molar-refractivity contribution >= 4 is 56.3 Å². The van der Waals surface area contributed by atoms with E-state index in [4.69, 9.17) is 23.2 Å². The fourth-order valence-corrected chi connectivity index (χ4v) is 3.59. The zero-order valence-electron chi connectivity index (χ0n) is 11.8. The number of halogens is 2. The van der Waals surface area contributed by atoms with Crippen LogP contribution in [-0.2, 0) is 0 Å². The molecule has 6 heteroatoms. The van der Waals surface area contributed by atoms with Crippen LogP contribution in [0, 0.1) is 20.8 Å². The van der Waals surface area contributed by atoms with E-state index in [9.17, 15) is 0 Å². The molecular weight excluding hydrogens is 325 g/mol. The third-order valence-electron chi connectivity index (χ3n) is 3.45. The predicted molar refractivity (Wildman–Crippen MR) is 91.4 cm³/mol. The SMILES string of the molecule is Cc1ccc(Cl)cc1Nc1nc(Cl)nc2sc(C)c(C)c12. The minimum Gasteiger partial charge on any atom is -0.339 e. The smallest absolute Gasteiger partial charge is 0.225 e. The van der Waals surface area contributed by atoms with Gasteiger partial charge in [0.25, 0.3) is 0 Å². The van der Waals surface area contributed by atoms with Crippen LogP contribution in [0.4, 0.5) is 11.5 Å². The van der Waals surface area contributed by atoms with Crippen LogP contribution in [0.5, 0.6) is 0 Å². The minimum absolute atomic E-state index is 0.242. The summed E-state index contributed by atoms with van der Waals surface area (Å²) in [6.07, 6.45) is 0. The Kier molecular flexibility index (Phi) is 3.78. The lowest BCUT2D eigenvalue weighted by Gasteiger charge is -2.11. The molecule has 108 valence electrons. The van der Waals surface area contributed by atoms with Gasteiger partial charge in [0, 0.05) is 15.6 Å². The van der Waals surface area contributed by atoms with Crippen molar-refractivity contribution in [2.45, 2.75) is 20.8 Å². The van der Waals surface area contributed by atoms with Crippen LogP contribution in [0.15, 0.2) is 18.2 Å². The van der Waals surface area contributed by atoms with Crippen molar-refractivity contribution in [3.8, 4) is 0 Å². The highest BCUT2D eigenvalue weighted by atomic mass is 35.5. The van der Waals surface area contributed by atoms with Gasteiger partial charge in [0.1, 0.15) is 10.6 Å². The first-order valence-corrected chi connectivity index (χ1v) is 7.99. The van der Waals surface area contributed by atoms with Crippen LogP contribution in [0.2, 0.25) is 10.3 Å². The zero-order chi connectivity index (χ0) is 15.1. The van der Waals surface area contributed by atoms with Crippen molar-refractivity contribution in [3.05, 3.63) is 44.5 Å². The maximum Gasteiger partial charge on any atom is 0.225 e. The summed E-state index contributed by atoms with van der Waals surface area (Å²) >= 11 is 13.7. The average molecular weight is 338 g/mol. The number of aromatic nitrogens is 2. The van der Waals surface area contributed by atoms with Crippen molar-refractivity contribution < 1.29 is 0 Å². The van der Waals surface area contributed by atoms with Crippen LogP contribution >= 0.6 is 34.5 Å². The van der Waals surface area contributed by atoms with Gasteiger partial charge < -0.3 is 5.32 Å². The van der Waals surface area contributed by atoms with Crippen LogP contribution in [0.3, 0.4) is 0 Å². The number of nitrogens with one attached hydrogen (secondary N) is 1. The Morgan fingerprint density at radius 2 is 1.86 bits per heavy atom. The molecule has 3 aromatic rings. The lowest BCUT2D eigenvalue weighted by atomic mass is 10.2. The second kappa shape index (κ2) is 5.44. The fourth-order valence-electron chi connectivity index (χ4n) is 2.17.